The predicted molar refractivity (Wildman–Crippen MR) is 71.0 cm³/mol. The molecule has 0 saturated heterocycles. The molecule has 0 fully saturated rings. The Bertz CT molecular complexity index is 522. The SMILES string of the molecule is Nc1cnn(CCNC(=O)c2sccc2Br)c1. The highest BCUT2D eigenvalue weighted by molar-refractivity contribution is 9.10. The summed E-state index contributed by atoms with van der Waals surface area (Å²) in [5.41, 5.74) is 6.15. The van der Waals surface area contributed by atoms with Crippen LogP contribution in [0.1, 0.15) is 9.67 Å². The summed E-state index contributed by atoms with van der Waals surface area (Å²) in [5, 5.41) is 8.72. The molecule has 0 aliphatic carbocycles. The lowest BCUT2D eigenvalue weighted by Gasteiger charge is -2.04. The van der Waals surface area contributed by atoms with Crippen molar-refractivity contribution in [2.75, 3.05) is 12.3 Å². The summed E-state index contributed by atoms with van der Waals surface area (Å²) in [6.45, 7) is 1.12. The summed E-state index contributed by atoms with van der Waals surface area (Å²) in [7, 11) is 0. The van der Waals surface area contributed by atoms with Gasteiger partial charge in [0.2, 0.25) is 0 Å². The van der Waals surface area contributed by atoms with E-state index in [2.05, 4.69) is 26.3 Å². The van der Waals surface area contributed by atoms with Crippen molar-refractivity contribution in [1.82, 2.24) is 15.1 Å². The van der Waals surface area contributed by atoms with Crippen molar-refractivity contribution >= 4 is 38.9 Å². The molecular weight excluding hydrogens is 304 g/mol. The van der Waals surface area contributed by atoms with E-state index in [1.165, 1.54) is 11.3 Å². The molecule has 3 N–H and O–H groups in total. The first kappa shape index (κ1) is 12.1. The maximum absolute atomic E-state index is 11.7. The van der Waals surface area contributed by atoms with E-state index in [-0.39, 0.29) is 5.91 Å². The zero-order valence-corrected chi connectivity index (χ0v) is 11.3. The average Bonchev–Trinajstić information content (AvgIpc) is 2.87. The van der Waals surface area contributed by atoms with Crippen LogP contribution < -0.4 is 11.1 Å². The largest absolute Gasteiger partial charge is 0.396 e. The van der Waals surface area contributed by atoms with Crippen LogP contribution in [0.5, 0.6) is 0 Å². The number of amides is 1. The first-order valence-electron chi connectivity index (χ1n) is 4.96. The minimum absolute atomic E-state index is 0.0768. The number of aromatic nitrogens is 2. The van der Waals surface area contributed by atoms with E-state index in [4.69, 9.17) is 5.73 Å². The maximum atomic E-state index is 11.7. The number of hydrogen-bond donors (Lipinski definition) is 2. The van der Waals surface area contributed by atoms with Crippen LogP contribution in [0, 0.1) is 0 Å². The van der Waals surface area contributed by atoms with Crippen LogP contribution in [-0.2, 0) is 6.54 Å². The highest BCUT2D eigenvalue weighted by Gasteiger charge is 2.10. The highest BCUT2D eigenvalue weighted by Crippen LogP contribution is 2.22. The summed E-state index contributed by atoms with van der Waals surface area (Å²) in [5.74, 6) is -0.0768. The number of carbonyl (C=O) groups excluding carboxylic acids is 1. The molecule has 5 nitrogen and oxygen atoms in total. The van der Waals surface area contributed by atoms with Gasteiger partial charge < -0.3 is 11.1 Å². The molecule has 0 spiro atoms. The number of anilines is 1. The van der Waals surface area contributed by atoms with E-state index in [9.17, 15) is 4.79 Å². The summed E-state index contributed by atoms with van der Waals surface area (Å²) in [4.78, 5) is 12.4. The minimum Gasteiger partial charge on any atom is -0.396 e. The highest BCUT2D eigenvalue weighted by atomic mass is 79.9. The molecule has 0 aliphatic heterocycles. The third kappa shape index (κ3) is 3.07. The minimum atomic E-state index is -0.0768. The number of thiophene rings is 1. The number of nitrogens with one attached hydrogen (secondary N) is 1. The monoisotopic (exact) mass is 314 g/mol. The summed E-state index contributed by atoms with van der Waals surface area (Å²) in [6, 6.07) is 1.85. The number of nitrogens with two attached hydrogens (primary N) is 1. The molecule has 0 aromatic carbocycles. The van der Waals surface area contributed by atoms with Crippen molar-refractivity contribution in [3.63, 3.8) is 0 Å². The molecule has 0 aliphatic rings. The fourth-order valence-electron chi connectivity index (χ4n) is 1.32. The predicted octanol–water partition coefficient (Wildman–Crippen LogP) is 1.72. The number of hydrogen-bond acceptors (Lipinski definition) is 4. The van der Waals surface area contributed by atoms with E-state index in [0.29, 0.717) is 23.7 Å². The fraction of sp³-hybridized carbons (Fsp3) is 0.200. The average molecular weight is 315 g/mol. The van der Waals surface area contributed by atoms with Crippen molar-refractivity contribution in [3.8, 4) is 0 Å². The molecular formula is C10H11BrN4OS. The molecule has 0 unspecified atom stereocenters. The van der Waals surface area contributed by atoms with Gasteiger partial charge in [0, 0.05) is 17.2 Å². The van der Waals surface area contributed by atoms with Gasteiger partial charge in [-0.05, 0) is 27.4 Å². The van der Waals surface area contributed by atoms with Gasteiger partial charge in [-0.3, -0.25) is 9.48 Å². The smallest absolute Gasteiger partial charge is 0.262 e. The van der Waals surface area contributed by atoms with Crippen LogP contribution in [0.2, 0.25) is 0 Å². The van der Waals surface area contributed by atoms with Crippen LogP contribution in [0.25, 0.3) is 0 Å². The molecule has 7 heteroatoms. The number of halogens is 1. The fourth-order valence-corrected chi connectivity index (χ4v) is 2.79. The number of nitrogens with zero attached hydrogens (tertiary/aromatic N) is 2. The molecule has 2 heterocycles. The molecule has 0 atom stereocenters. The Morgan fingerprint density at radius 1 is 1.65 bits per heavy atom. The van der Waals surface area contributed by atoms with E-state index in [1.807, 2.05) is 11.4 Å². The summed E-state index contributed by atoms with van der Waals surface area (Å²) >= 11 is 4.73. The van der Waals surface area contributed by atoms with Gasteiger partial charge in [-0.1, -0.05) is 0 Å². The van der Waals surface area contributed by atoms with Gasteiger partial charge in [-0.15, -0.1) is 11.3 Å². The molecule has 0 saturated carbocycles. The second kappa shape index (κ2) is 5.33. The second-order valence-electron chi connectivity index (χ2n) is 3.39. The Morgan fingerprint density at radius 3 is 3.06 bits per heavy atom. The van der Waals surface area contributed by atoms with Crippen LogP contribution in [0.15, 0.2) is 28.3 Å². The van der Waals surface area contributed by atoms with E-state index in [0.717, 1.165) is 4.47 Å². The Morgan fingerprint density at radius 2 is 2.47 bits per heavy atom. The lowest BCUT2D eigenvalue weighted by atomic mass is 10.4. The lowest BCUT2D eigenvalue weighted by Crippen LogP contribution is -2.26. The Hall–Kier alpha value is -1.34. The summed E-state index contributed by atoms with van der Waals surface area (Å²) in [6.07, 6.45) is 3.31. The molecule has 17 heavy (non-hydrogen) atoms. The molecule has 0 radical (unpaired) electrons. The van der Waals surface area contributed by atoms with Crippen molar-refractivity contribution in [1.29, 1.82) is 0 Å². The Balaban J connectivity index is 1.83. The van der Waals surface area contributed by atoms with Crippen molar-refractivity contribution in [2.24, 2.45) is 0 Å². The van der Waals surface area contributed by atoms with Crippen molar-refractivity contribution in [3.05, 3.63) is 33.2 Å². The standard InChI is InChI=1S/C10H11BrN4OS/c11-8-1-4-17-9(8)10(16)13-2-3-15-6-7(12)5-14-15/h1,4-6H,2-3,12H2,(H,13,16). The van der Waals surface area contributed by atoms with Gasteiger partial charge in [0.05, 0.1) is 18.4 Å². The Kier molecular flexibility index (Phi) is 3.80. The third-order valence-electron chi connectivity index (χ3n) is 2.10. The van der Waals surface area contributed by atoms with Gasteiger partial charge in [0.1, 0.15) is 4.88 Å². The van der Waals surface area contributed by atoms with Gasteiger partial charge in [0.25, 0.3) is 5.91 Å². The van der Waals surface area contributed by atoms with E-state index < -0.39 is 0 Å². The number of carbonyl (C=O) groups is 1. The van der Waals surface area contributed by atoms with Crippen LogP contribution in [-0.4, -0.2) is 22.2 Å². The van der Waals surface area contributed by atoms with Crippen LogP contribution in [0.4, 0.5) is 5.69 Å². The van der Waals surface area contributed by atoms with Crippen LogP contribution >= 0.6 is 27.3 Å². The molecule has 90 valence electrons. The molecule has 0 bridgehead atoms. The van der Waals surface area contributed by atoms with Gasteiger partial charge in [0.15, 0.2) is 0 Å². The van der Waals surface area contributed by atoms with Crippen LogP contribution in [0.3, 0.4) is 0 Å². The quantitative estimate of drug-likeness (QED) is 0.902. The number of nitrogen functional groups attached to an aromatic ring is 1. The van der Waals surface area contributed by atoms with Crippen molar-refractivity contribution in [2.45, 2.75) is 6.54 Å². The zero-order valence-electron chi connectivity index (χ0n) is 8.89. The first-order chi connectivity index (χ1) is 8.16. The normalized spacial score (nSPS) is 10.4. The van der Waals surface area contributed by atoms with Gasteiger partial charge in [-0.2, -0.15) is 5.10 Å². The second-order valence-corrected chi connectivity index (χ2v) is 5.16. The maximum Gasteiger partial charge on any atom is 0.262 e. The van der Waals surface area contributed by atoms with E-state index in [1.54, 1.807) is 17.1 Å². The molecule has 2 aromatic rings. The molecule has 1 amide bonds. The first-order valence-corrected chi connectivity index (χ1v) is 6.63. The van der Waals surface area contributed by atoms with E-state index >= 15 is 0 Å². The van der Waals surface area contributed by atoms with Gasteiger partial charge >= 0.3 is 0 Å². The molecule has 2 aromatic heterocycles. The zero-order chi connectivity index (χ0) is 12.3. The van der Waals surface area contributed by atoms with Gasteiger partial charge in [-0.25, -0.2) is 0 Å². The topological polar surface area (TPSA) is 72.9 Å². The lowest BCUT2D eigenvalue weighted by molar-refractivity contribution is 0.0955. The third-order valence-corrected chi connectivity index (χ3v) is 3.94. The van der Waals surface area contributed by atoms with Crippen molar-refractivity contribution < 1.29 is 4.79 Å². The summed E-state index contributed by atoms with van der Waals surface area (Å²) < 4.78 is 2.52. The molecule has 2 rings (SSSR count). The Labute approximate surface area is 111 Å². The number of rotatable bonds is 4.